The number of para-hydroxylation sites is 1. The Morgan fingerprint density at radius 3 is 2.66 bits per heavy atom. The first-order chi connectivity index (χ1) is 14.3. The second-order valence-corrected chi connectivity index (χ2v) is 6.12. The Hall–Kier alpha value is -3.60. The van der Waals surface area contributed by atoms with Crippen LogP contribution in [0.4, 0.5) is 5.82 Å². The van der Waals surface area contributed by atoms with Gasteiger partial charge in [0.2, 0.25) is 5.88 Å². The number of ether oxygens (including phenoxy) is 1. The number of nitrogens with one attached hydrogen (secondary N) is 1. The Labute approximate surface area is 170 Å². The van der Waals surface area contributed by atoms with Crippen LogP contribution < -0.4 is 15.5 Å². The number of hydrogen-bond donors (Lipinski definition) is 1. The van der Waals surface area contributed by atoms with Gasteiger partial charge in [-0.3, -0.25) is 9.36 Å². The molecule has 3 aromatic rings. The third kappa shape index (κ3) is 4.46. The average Bonchev–Trinajstić information content (AvgIpc) is 3.04. The lowest BCUT2D eigenvalue weighted by Gasteiger charge is -2.19. The molecule has 0 aliphatic heterocycles. The molecule has 0 spiro atoms. The standard InChI is InChI=1S/C22H19N3O2.C2H6/c1-27-22-13-19-18(15-23-22)20(26)14-21(24-16-9-5-2-3-6-10-16)25(19)17-11-7-4-8-12-17;1-2/h2-5,7-15,24H,6H2,1H3;1-2H3. The number of hydrogen-bond acceptors (Lipinski definition) is 4. The molecule has 0 radical (unpaired) electrons. The largest absolute Gasteiger partial charge is 0.481 e. The molecule has 0 saturated carbocycles. The Balaban J connectivity index is 0.00000117. The fraction of sp³-hybridized carbons (Fsp3) is 0.167. The highest BCUT2D eigenvalue weighted by molar-refractivity contribution is 5.83. The molecule has 2 heterocycles. The van der Waals surface area contributed by atoms with Crippen molar-refractivity contribution < 1.29 is 4.74 Å². The topological polar surface area (TPSA) is 56.1 Å². The molecule has 0 atom stereocenters. The van der Waals surface area contributed by atoms with E-state index in [9.17, 15) is 4.79 Å². The van der Waals surface area contributed by atoms with Crippen molar-refractivity contribution >= 4 is 16.7 Å². The van der Waals surface area contributed by atoms with E-state index >= 15 is 0 Å². The first-order valence-electron chi connectivity index (χ1n) is 9.72. The number of rotatable bonds is 4. The van der Waals surface area contributed by atoms with Gasteiger partial charge in [0, 0.05) is 29.7 Å². The van der Waals surface area contributed by atoms with E-state index in [-0.39, 0.29) is 5.43 Å². The van der Waals surface area contributed by atoms with Crippen LogP contribution in [0, 0.1) is 0 Å². The van der Waals surface area contributed by atoms with Crippen LogP contribution in [0.25, 0.3) is 16.6 Å². The highest BCUT2D eigenvalue weighted by Gasteiger charge is 2.13. The normalized spacial score (nSPS) is 12.6. The molecule has 1 aromatic carbocycles. The van der Waals surface area contributed by atoms with Gasteiger partial charge in [-0.05, 0) is 24.6 Å². The summed E-state index contributed by atoms with van der Waals surface area (Å²) in [4.78, 5) is 16.9. The van der Waals surface area contributed by atoms with Crippen molar-refractivity contribution in [3.8, 4) is 11.6 Å². The molecule has 1 aliphatic carbocycles. The van der Waals surface area contributed by atoms with Gasteiger partial charge in [0.25, 0.3) is 0 Å². The molecule has 0 bridgehead atoms. The Bertz CT molecular complexity index is 1130. The lowest BCUT2D eigenvalue weighted by atomic mass is 10.2. The van der Waals surface area contributed by atoms with Gasteiger partial charge < -0.3 is 10.1 Å². The number of pyridine rings is 2. The molecular weight excluding hydrogens is 362 g/mol. The van der Waals surface area contributed by atoms with E-state index in [0.29, 0.717) is 17.1 Å². The summed E-state index contributed by atoms with van der Waals surface area (Å²) in [7, 11) is 1.56. The summed E-state index contributed by atoms with van der Waals surface area (Å²) in [6, 6.07) is 13.3. The molecule has 0 saturated heterocycles. The van der Waals surface area contributed by atoms with Gasteiger partial charge in [-0.25, -0.2) is 4.98 Å². The Morgan fingerprint density at radius 1 is 1.10 bits per heavy atom. The number of nitrogens with zero attached hydrogens (tertiary/aromatic N) is 2. The SMILES string of the molecule is CC.COc1cc2c(cn1)c(=O)cc(NC1=CCC=CC=C1)n2-c1ccccc1. The minimum atomic E-state index is -0.0915. The van der Waals surface area contributed by atoms with Crippen molar-refractivity contribution in [2.24, 2.45) is 0 Å². The lowest BCUT2D eigenvalue weighted by molar-refractivity contribution is 0.398. The number of anilines is 1. The van der Waals surface area contributed by atoms with Gasteiger partial charge in [-0.2, -0.15) is 0 Å². The predicted molar refractivity (Wildman–Crippen MR) is 120 cm³/mol. The maximum absolute atomic E-state index is 12.7. The van der Waals surface area contributed by atoms with Crippen LogP contribution in [0.3, 0.4) is 0 Å². The fourth-order valence-corrected chi connectivity index (χ4v) is 3.08. The first-order valence-corrected chi connectivity index (χ1v) is 9.72. The van der Waals surface area contributed by atoms with Crippen LogP contribution in [0.2, 0.25) is 0 Å². The van der Waals surface area contributed by atoms with Crippen LogP contribution in [-0.2, 0) is 0 Å². The van der Waals surface area contributed by atoms with E-state index in [0.717, 1.165) is 23.3 Å². The number of allylic oxidation sites excluding steroid dienone is 5. The third-order valence-electron chi connectivity index (χ3n) is 4.36. The summed E-state index contributed by atoms with van der Waals surface area (Å²) >= 11 is 0. The van der Waals surface area contributed by atoms with Crippen molar-refractivity contribution in [2.45, 2.75) is 20.3 Å². The zero-order valence-corrected chi connectivity index (χ0v) is 16.9. The quantitative estimate of drug-likeness (QED) is 0.666. The minimum absolute atomic E-state index is 0.0915. The predicted octanol–water partition coefficient (Wildman–Crippen LogP) is 5.23. The van der Waals surface area contributed by atoms with Gasteiger partial charge in [0.1, 0.15) is 5.82 Å². The maximum Gasteiger partial charge on any atom is 0.215 e. The summed E-state index contributed by atoms with van der Waals surface area (Å²) in [5, 5.41) is 3.93. The van der Waals surface area contributed by atoms with Crippen molar-refractivity contribution in [3.63, 3.8) is 0 Å². The van der Waals surface area contributed by atoms with Gasteiger partial charge in [0.15, 0.2) is 5.43 Å². The number of benzene rings is 1. The van der Waals surface area contributed by atoms with Gasteiger partial charge in [-0.15, -0.1) is 0 Å². The molecule has 4 rings (SSSR count). The molecule has 0 fully saturated rings. The van der Waals surface area contributed by atoms with Crippen LogP contribution in [0.15, 0.2) is 89.5 Å². The molecule has 5 nitrogen and oxygen atoms in total. The summed E-state index contributed by atoms with van der Waals surface area (Å²) < 4.78 is 7.29. The van der Waals surface area contributed by atoms with Crippen molar-refractivity contribution in [1.82, 2.24) is 9.55 Å². The molecule has 1 aliphatic rings. The first kappa shape index (κ1) is 20.1. The molecule has 148 valence electrons. The third-order valence-corrected chi connectivity index (χ3v) is 4.36. The zero-order chi connectivity index (χ0) is 20.6. The highest BCUT2D eigenvalue weighted by Crippen LogP contribution is 2.25. The second-order valence-electron chi connectivity index (χ2n) is 6.12. The van der Waals surface area contributed by atoms with Gasteiger partial charge in [0.05, 0.1) is 18.0 Å². The van der Waals surface area contributed by atoms with Crippen molar-refractivity contribution in [1.29, 1.82) is 0 Å². The van der Waals surface area contributed by atoms with Crippen LogP contribution in [0.1, 0.15) is 20.3 Å². The molecule has 1 N–H and O–H groups in total. The average molecular weight is 387 g/mol. The van der Waals surface area contributed by atoms with Crippen LogP contribution in [0.5, 0.6) is 5.88 Å². The van der Waals surface area contributed by atoms with E-state index < -0.39 is 0 Å². The lowest BCUT2D eigenvalue weighted by Crippen LogP contribution is -2.14. The number of methoxy groups -OCH3 is 1. The van der Waals surface area contributed by atoms with E-state index in [1.807, 2.05) is 67.0 Å². The molecular formula is C24H25N3O2. The van der Waals surface area contributed by atoms with E-state index in [2.05, 4.69) is 22.5 Å². The number of aromatic nitrogens is 2. The molecule has 29 heavy (non-hydrogen) atoms. The van der Waals surface area contributed by atoms with Crippen LogP contribution in [-0.4, -0.2) is 16.7 Å². The smallest absolute Gasteiger partial charge is 0.215 e. The second kappa shape index (κ2) is 9.55. The Kier molecular flexibility index (Phi) is 6.63. The van der Waals surface area contributed by atoms with Crippen LogP contribution >= 0.6 is 0 Å². The zero-order valence-electron chi connectivity index (χ0n) is 16.9. The van der Waals surface area contributed by atoms with Crippen molar-refractivity contribution in [3.05, 3.63) is 95.0 Å². The van der Waals surface area contributed by atoms with Crippen molar-refractivity contribution in [2.75, 3.05) is 12.4 Å². The Morgan fingerprint density at radius 2 is 1.90 bits per heavy atom. The summed E-state index contributed by atoms with van der Waals surface area (Å²) in [5.74, 6) is 1.14. The van der Waals surface area contributed by atoms with Gasteiger partial charge >= 0.3 is 0 Å². The van der Waals surface area contributed by atoms with E-state index in [1.54, 1.807) is 25.4 Å². The molecule has 0 unspecified atom stereocenters. The molecule has 2 aromatic heterocycles. The molecule has 0 amide bonds. The molecule has 5 heteroatoms. The minimum Gasteiger partial charge on any atom is -0.481 e. The van der Waals surface area contributed by atoms with E-state index in [4.69, 9.17) is 4.74 Å². The van der Waals surface area contributed by atoms with Gasteiger partial charge in [-0.1, -0.05) is 56.4 Å². The summed E-state index contributed by atoms with van der Waals surface area (Å²) in [5.41, 5.74) is 2.52. The fourth-order valence-electron chi connectivity index (χ4n) is 3.08. The van der Waals surface area contributed by atoms with E-state index in [1.165, 1.54) is 0 Å². The maximum atomic E-state index is 12.7. The number of fused-ring (bicyclic) bond motifs is 1. The summed E-state index contributed by atoms with van der Waals surface area (Å²) in [6.45, 7) is 4.00. The summed E-state index contributed by atoms with van der Waals surface area (Å²) in [6.07, 6.45) is 12.5. The monoisotopic (exact) mass is 387 g/mol. The highest BCUT2D eigenvalue weighted by atomic mass is 16.5.